The van der Waals surface area contributed by atoms with Crippen molar-refractivity contribution < 1.29 is 159 Å². The summed E-state index contributed by atoms with van der Waals surface area (Å²) in [6.45, 7) is 18.8. The van der Waals surface area contributed by atoms with E-state index in [0.29, 0.717) is 103 Å². The fourth-order valence-corrected chi connectivity index (χ4v) is 11.3. The van der Waals surface area contributed by atoms with Crippen LogP contribution in [0.15, 0.2) is 0 Å². The zero-order valence-electron chi connectivity index (χ0n) is 50.1. The third-order valence-corrected chi connectivity index (χ3v) is 15.6. The fourth-order valence-electron chi connectivity index (χ4n) is 11.3. The number of nitrogens with zero attached hydrogens (tertiary/aromatic N) is 8. The molecule has 0 unspecified atom stereocenters. The standard InChI is InChI=1S/2C28H52N4O8.2Gd/c2*1-5-9-21(25(33)34)29-13-15-30(22(10-6-2)26(35)36)17-19-32(24(12-8-4)28(39)40)20-18-31(16-14-29)23(11-7-3)27(37)38;;/h2*21-24H,5-20H2,1-4H3,(H,33,34)(H,35,36)(H,37,38)(H,39,40);;/q;;2*+3/p-6/t2*21-,22-,23-,24-;;/m10../s1. The summed E-state index contributed by atoms with van der Waals surface area (Å²) in [7, 11) is 0. The Labute approximate surface area is 552 Å². The van der Waals surface area contributed by atoms with E-state index in [1.807, 2.05) is 55.4 Å². The van der Waals surface area contributed by atoms with Crippen molar-refractivity contribution >= 4 is 47.8 Å². The first-order chi connectivity index (χ1) is 38.0. The smallest absolute Gasteiger partial charge is 0.548 e. The van der Waals surface area contributed by atoms with E-state index in [1.54, 1.807) is 39.2 Å². The van der Waals surface area contributed by atoms with Crippen LogP contribution in [0, 0.1) is 79.9 Å². The normalized spacial score (nSPS) is 20.0. The zero-order valence-corrected chi connectivity index (χ0v) is 54.7. The van der Waals surface area contributed by atoms with Gasteiger partial charge in [-0.05, 0) is 51.4 Å². The van der Waals surface area contributed by atoms with Gasteiger partial charge in [0.15, 0.2) is 0 Å². The predicted octanol–water partition coefficient (Wildman–Crippen LogP) is -3.57. The van der Waals surface area contributed by atoms with Gasteiger partial charge in [-0.1, -0.05) is 107 Å². The van der Waals surface area contributed by atoms with Crippen molar-refractivity contribution in [1.29, 1.82) is 0 Å². The number of carbonyl (C=O) groups excluding carboxylic acids is 6. The molecule has 0 spiro atoms. The van der Waals surface area contributed by atoms with E-state index in [0.717, 1.165) is 0 Å². The van der Waals surface area contributed by atoms with Crippen molar-refractivity contribution in [3.05, 3.63) is 0 Å². The van der Waals surface area contributed by atoms with Gasteiger partial charge in [-0.15, -0.1) is 0 Å². The summed E-state index contributed by atoms with van der Waals surface area (Å²) in [5, 5.41) is 92.7. The summed E-state index contributed by atoms with van der Waals surface area (Å²) in [6.07, 6.45) is 7.71. The quantitative estimate of drug-likeness (QED) is 0.0658. The van der Waals surface area contributed by atoms with Gasteiger partial charge in [0, 0.05) is 141 Å². The van der Waals surface area contributed by atoms with Crippen LogP contribution in [-0.4, -0.2) is 250 Å². The van der Waals surface area contributed by atoms with E-state index in [-0.39, 0.29) is 185 Å². The Morgan fingerprint density at radius 1 is 0.256 bits per heavy atom. The molecule has 0 saturated carbocycles. The molecule has 2 radical (unpaired) electrons. The predicted molar refractivity (Wildman–Crippen MR) is 287 cm³/mol. The second-order valence-electron chi connectivity index (χ2n) is 21.3. The molecule has 24 nitrogen and oxygen atoms in total. The first-order valence-electron chi connectivity index (χ1n) is 29.7. The van der Waals surface area contributed by atoms with Crippen LogP contribution in [0.3, 0.4) is 0 Å². The van der Waals surface area contributed by atoms with Gasteiger partial charge in [0.05, 0.1) is 35.8 Å². The van der Waals surface area contributed by atoms with Crippen LogP contribution in [0.1, 0.15) is 158 Å². The maximum absolute atomic E-state index is 12.2. The topological polar surface area (TPSA) is 341 Å². The van der Waals surface area contributed by atoms with Gasteiger partial charge in [0.25, 0.3) is 0 Å². The third kappa shape index (κ3) is 29.2. The first-order valence-corrected chi connectivity index (χ1v) is 29.7. The molecular weight excluding hydrogens is 1360 g/mol. The van der Waals surface area contributed by atoms with Crippen LogP contribution >= 0.6 is 0 Å². The molecule has 82 heavy (non-hydrogen) atoms. The summed E-state index contributed by atoms with van der Waals surface area (Å²) in [5.74, 6) is -9.29. The fraction of sp³-hybridized carbons (Fsp3) is 0.857. The number of hydrogen-bond acceptors (Lipinski definition) is 22. The van der Waals surface area contributed by atoms with Gasteiger partial charge in [-0.3, -0.25) is 48.8 Å². The van der Waals surface area contributed by atoms with Gasteiger partial charge in [-0.2, -0.15) is 0 Å². The van der Waals surface area contributed by atoms with Gasteiger partial charge in [0.2, 0.25) is 0 Å². The van der Waals surface area contributed by atoms with E-state index in [4.69, 9.17) is 0 Å². The van der Waals surface area contributed by atoms with Crippen LogP contribution in [0.25, 0.3) is 0 Å². The summed E-state index contributed by atoms with van der Waals surface area (Å²) in [5.41, 5.74) is 0. The number of carboxylic acid groups (broad SMARTS) is 8. The minimum Gasteiger partial charge on any atom is -0.548 e. The Morgan fingerprint density at radius 2 is 0.354 bits per heavy atom. The molecule has 474 valence electrons. The molecule has 0 bridgehead atoms. The SMILES string of the molecule is CCC[C@@H](C(=O)[O-])N1CCN([C@@H](CCC)C(=O)[O-])CCN([C@@H](CCC)C(=O)O)CCN([C@@H](CCC)C(=O)[O-])CC1.CCC[C@H](C(=O)[O-])N1CCN([C@H](CCC)C(=O)[O-])CCN([C@H](CCC)C(=O)O)CCN([C@H](CCC)C(=O)[O-])CC1.[Gd+3].[Gd+3]. The van der Waals surface area contributed by atoms with Crippen LogP contribution in [0.4, 0.5) is 0 Å². The Balaban J connectivity index is 0. The maximum atomic E-state index is 12.2. The van der Waals surface area contributed by atoms with Crippen molar-refractivity contribution in [2.75, 3.05) is 105 Å². The minimum absolute atomic E-state index is 0. The molecular formula is C56H98Gd2N8O16. The van der Waals surface area contributed by atoms with Crippen LogP contribution < -0.4 is 30.6 Å². The van der Waals surface area contributed by atoms with Gasteiger partial charge < -0.3 is 69.6 Å². The molecule has 0 aliphatic carbocycles. The molecule has 2 N–H and O–H groups in total. The van der Waals surface area contributed by atoms with Gasteiger partial charge in [0.1, 0.15) is 12.1 Å². The molecule has 26 heteroatoms. The number of hydrogen-bond donors (Lipinski definition) is 2. The molecule has 2 fully saturated rings. The van der Waals surface area contributed by atoms with E-state index in [9.17, 15) is 79.2 Å². The molecule has 0 amide bonds. The number of carbonyl (C=O) groups is 8. The number of carboxylic acids is 8. The largest absolute Gasteiger partial charge is 3.00 e. The zero-order chi connectivity index (χ0) is 60.5. The summed E-state index contributed by atoms with van der Waals surface area (Å²) < 4.78 is 0. The molecule has 0 aromatic carbocycles. The number of aliphatic carboxylic acids is 8. The van der Waals surface area contributed by atoms with E-state index in [2.05, 4.69) is 0 Å². The molecule has 0 aromatic heterocycles. The number of rotatable bonds is 32. The molecule has 2 rings (SSSR count). The Kier molecular flexibility index (Phi) is 46.4. The summed E-state index contributed by atoms with van der Waals surface area (Å²) in [4.78, 5) is 111. The van der Waals surface area contributed by atoms with Crippen molar-refractivity contribution in [2.24, 2.45) is 0 Å². The molecule has 2 saturated heterocycles. The van der Waals surface area contributed by atoms with Crippen molar-refractivity contribution in [3.8, 4) is 0 Å². The summed E-state index contributed by atoms with van der Waals surface area (Å²) in [6, 6.07) is -7.03. The van der Waals surface area contributed by atoms with Crippen LogP contribution in [0.2, 0.25) is 0 Å². The van der Waals surface area contributed by atoms with Crippen molar-refractivity contribution in [1.82, 2.24) is 39.2 Å². The Bertz CT molecular complexity index is 1450. The van der Waals surface area contributed by atoms with E-state index < -0.39 is 96.1 Å². The minimum atomic E-state index is -1.22. The van der Waals surface area contributed by atoms with Crippen LogP contribution in [-0.2, 0) is 38.4 Å². The average Bonchev–Trinajstić information content (AvgIpc) is 3.39. The molecule has 8 atom stereocenters. The van der Waals surface area contributed by atoms with Gasteiger partial charge >= 0.3 is 91.8 Å². The first kappa shape index (κ1) is 82.2. The molecule has 2 aliphatic rings. The summed E-state index contributed by atoms with van der Waals surface area (Å²) >= 11 is 0. The van der Waals surface area contributed by atoms with Crippen LogP contribution in [0.5, 0.6) is 0 Å². The van der Waals surface area contributed by atoms with Gasteiger partial charge in [-0.25, -0.2) is 0 Å². The monoisotopic (exact) mass is 1450 g/mol. The Hall–Kier alpha value is -1.91. The second-order valence-corrected chi connectivity index (χ2v) is 21.3. The van der Waals surface area contributed by atoms with E-state index in [1.165, 1.54) is 0 Å². The molecule has 2 heterocycles. The Morgan fingerprint density at radius 3 is 0.439 bits per heavy atom. The molecule has 0 aromatic rings. The van der Waals surface area contributed by atoms with Crippen molar-refractivity contribution in [3.63, 3.8) is 0 Å². The second kappa shape index (κ2) is 46.3. The molecule has 2 aliphatic heterocycles. The average molecular weight is 1450 g/mol. The van der Waals surface area contributed by atoms with Crippen molar-refractivity contribution in [2.45, 2.75) is 206 Å². The maximum Gasteiger partial charge on any atom is 3.00 e. The third-order valence-electron chi connectivity index (χ3n) is 15.6. The van der Waals surface area contributed by atoms with E-state index >= 15 is 0 Å².